The number of nitro benzene ring substituents is 1. The van der Waals surface area contributed by atoms with E-state index < -0.39 is 4.92 Å². The van der Waals surface area contributed by atoms with Gasteiger partial charge in [-0.25, -0.2) is 15.4 Å². The van der Waals surface area contributed by atoms with Crippen LogP contribution in [0.25, 0.3) is 0 Å². The number of hydrazone groups is 1. The summed E-state index contributed by atoms with van der Waals surface area (Å²) in [5, 5.41) is 14.9. The molecule has 2 rings (SSSR count). The zero-order valence-electron chi connectivity index (χ0n) is 13.1. The van der Waals surface area contributed by atoms with Gasteiger partial charge in [0.15, 0.2) is 5.16 Å². The van der Waals surface area contributed by atoms with Crippen molar-refractivity contribution in [3.63, 3.8) is 0 Å². The lowest BCUT2D eigenvalue weighted by molar-refractivity contribution is -0.384. The van der Waals surface area contributed by atoms with Crippen molar-refractivity contribution in [3.8, 4) is 0 Å². The fourth-order valence-electron chi connectivity index (χ4n) is 1.78. The maximum absolute atomic E-state index is 11.7. The van der Waals surface area contributed by atoms with Gasteiger partial charge in [0.1, 0.15) is 0 Å². The summed E-state index contributed by atoms with van der Waals surface area (Å²) < 4.78 is 0. The van der Waals surface area contributed by atoms with Gasteiger partial charge in [-0.3, -0.25) is 14.9 Å². The monoisotopic (exact) mass is 345 g/mol. The Kier molecular flexibility index (Phi) is 5.96. The predicted molar refractivity (Wildman–Crippen MR) is 91.1 cm³/mol. The number of amides is 1. The van der Waals surface area contributed by atoms with Crippen LogP contribution in [0.2, 0.25) is 0 Å². The summed E-state index contributed by atoms with van der Waals surface area (Å²) in [5.41, 5.74) is 4.73. The first-order valence-electron chi connectivity index (χ1n) is 6.95. The van der Waals surface area contributed by atoms with E-state index in [9.17, 15) is 14.9 Å². The maximum atomic E-state index is 11.7. The highest BCUT2D eigenvalue weighted by Gasteiger charge is 2.05. The van der Waals surface area contributed by atoms with Gasteiger partial charge in [-0.1, -0.05) is 11.8 Å². The number of rotatable bonds is 6. The lowest BCUT2D eigenvalue weighted by atomic mass is 10.2. The molecule has 0 fully saturated rings. The minimum Gasteiger partial charge on any atom is -0.272 e. The molecule has 0 aliphatic heterocycles. The molecule has 0 radical (unpaired) electrons. The minimum atomic E-state index is -0.477. The van der Waals surface area contributed by atoms with E-state index in [0.29, 0.717) is 10.7 Å². The Morgan fingerprint density at radius 2 is 1.92 bits per heavy atom. The number of hydrogen-bond donors (Lipinski definition) is 1. The fourth-order valence-corrected chi connectivity index (χ4v) is 2.52. The lowest BCUT2D eigenvalue weighted by Gasteiger charge is -2.02. The molecule has 0 unspecified atom stereocenters. The van der Waals surface area contributed by atoms with Gasteiger partial charge >= 0.3 is 0 Å². The largest absolute Gasteiger partial charge is 0.272 e. The number of carbonyl (C=O) groups is 1. The van der Waals surface area contributed by atoms with Crippen LogP contribution in [-0.4, -0.2) is 32.8 Å². The third-order valence-corrected chi connectivity index (χ3v) is 3.65. The molecule has 0 saturated carbocycles. The second kappa shape index (κ2) is 8.16. The highest BCUT2D eigenvalue weighted by atomic mass is 32.2. The molecule has 124 valence electrons. The SMILES string of the molecule is Cc1cc(C)nc(SCC(=O)N/N=C/c2ccc([N+](=O)[O-])cc2)n1. The standard InChI is InChI=1S/C15H15N5O3S/c1-10-7-11(2)18-15(17-10)24-9-14(21)19-16-8-12-3-5-13(6-4-12)20(22)23/h3-8H,9H2,1-2H3,(H,19,21)/b16-8+. The third kappa shape index (κ3) is 5.43. The topological polar surface area (TPSA) is 110 Å². The van der Waals surface area contributed by atoms with E-state index in [1.807, 2.05) is 19.9 Å². The molecule has 24 heavy (non-hydrogen) atoms. The number of nitrogens with zero attached hydrogens (tertiary/aromatic N) is 4. The Labute approximate surface area is 142 Å². The van der Waals surface area contributed by atoms with Gasteiger partial charge in [0.25, 0.3) is 11.6 Å². The summed E-state index contributed by atoms with van der Waals surface area (Å²) in [5.74, 6) is -0.151. The van der Waals surface area contributed by atoms with Crippen LogP contribution < -0.4 is 5.43 Å². The molecular formula is C15H15N5O3S. The van der Waals surface area contributed by atoms with Crippen LogP contribution in [-0.2, 0) is 4.79 Å². The van der Waals surface area contributed by atoms with Gasteiger partial charge in [-0.15, -0.1) is 0 Å². The van der Waals surface area contributed by atoms with Crippen LogP contribution in [0.4, 0.5) is 5.69 Å². The van der Waals surface area contributed by atoms with Crippen LogP contribution in [0.15, 0.2) is 40.6 Å². The quantitative estimate of drug-likeness (QED) is 0.283. The van der Waals surface area contributed by atoms with E-state index in [-0.39, 0.29) is 17.3 Å². The van der Waals surface area contributed by atoms with E-state index >= 15 is 0 Å². The molecule has 1 amide bonds. The first-order chi connectivity index (χ1) is 11.4. The molecule has 9 heteroatoms. The minimum absolute atomic E-state index is 0.000957. The number of hydrogen-bond acceptors (Lipinski definition) is 7. The average molecular weight is 345 g/mol. The van der Waals surface area contributed by atoms with Gasteiger partial charge in [0.2, 0.25) is 0 Å². The number of non-ortho nitro benzene ring substituents is 1. The van der Waals surface area contributed by atoms with Crippen molar-refractivity contribution in [1.29, 1.82) is 0 Å². The molecule has 1 aromatic heterocycles. The van der Waals surface area contributed by atoms with Crippen LogP contribution >= 0.6 is 11.8 Å². The lowest BCUT2D eigenvalue weighted by Crippen LogP contribution is -2.19. The summed E-state index contributed by atoms with van der Waals surface area (Å²) in [6.07, 6.45) is 1.42. The van der Waals surface area contributed by atoms with Crippen LogP contribution in [0.3, 0.4) is 0 Å². The second-order valence-electron chi connectivity index (χ2n) is 4.86. The number of benzene rings is 1. The summed E-state index contributed by atoms with van der Waals surface area (Å²) in [7, 11) is 0. The Morgan fingerprint density at radius 1 is 1.29 bits per heavy atom. The summed E-state index contributed by atoms with van der Waals surface area (Å²) in [6.45, 7) is 3.74. The molecule has 0 atom stereocenters. The van der Waals surface area contributed by atoms with E-state index in [1.165, 1.54) is 30.1 Å². The zero-order chi connectivity index (χ0) is 17.5. The summed E-state index contributed by atoms with van der Waals surface area (Å²) >= 11 is 1.23. The molecule has 1 N–H and O–H groups in total. The van der Waals surface area contributed by atoms with Crippen molar-refractivity contribution < 1.29 is 9.72 Å². The molecule has 8 nitrogen and oxygen atoms in total. The number of thioether (sulfide) groups is 1. The fraction of sp³-hybridized carbons (Fsp3) is 0.200. The highest BCUT2D eigenvalue weighted by Crippen LogP contribution is 2.13. The van der Waals surface area contributed by atoms with Crippen LogP contribution in [0.5, 0.6) is 0 Å². The Balaban J connectivity index is 1.83. The molecule has 1 aromatic carbocycles. The number of aromatic nitrogens is 2. The Bertz CT molecular complexity index is 757. The van der Waals surface area contributed by atoms with Gasteiger partial charge < -0.3 is 0 Å². The van der Waals surface area contributed by atoms with E-state index in [2.05, 4.69) is 20.5 Å². The number of carbonyl (C=O) groups excluding carboxylic acids is 1. The molecule has 0 aliphatic rings. The van der Waals surface area contributed by atoms with Crippen molar-refractivity contribution in [3.05, 3.63) is 57.4 Å². The van der Waals surface area contributed by atoms with Crippen molar-refractivity contribution in [2.24, 2.45) is 5.10 Å². The normalized spacial score (nSPS) is 10.8. The Morgan fingerprint density at radius 3 is 2.50 bits per heavy atom. The van der Waals surface area contributed by atoms with Crippen molar-refractivity contribution in [2.45, 2.75) is 19.0 Å². The van der Waals surface area contributed by atoms with Gasteiger partial charge in [0.05, 0.1) is 16.9 Å². The molecule has 0 aliphatic carbocycles. The summed E-state index contributed by atoms with van der Waals surface area (Å²) in [4.78, 5) is 30.3. The molecule has 0 spiro atoms. The summed E-state index contributed by atoms with van der Waals surface area (Å²) in [6, 6.07) is 7.70. The maximum Gasteiger partial charge on any atom is 0.269 e. The van der Waals surface area contributed by atoms with Crippen LogP contribution in [0.1, 0.15) is 17.0 Å². The molecular weight excluding hydrogens is 330 g/mol. The van der Waals surface area contributed by atoms with E-state index in [0.717, 1.165) is 11.4 Å². The molecule has 1 heterocycles. The number of nitro groups is 1. The average Bonchev–Trinajstić information content (AvgIpc) is 2.52. The van der Waals surface area contributed by atoms with Gasteiger partial charge in [-0.2, -0.15) is 5.10 Å². The first kappa shape index (κ1) is 17.5. The Hall–Kier alpha value is -2.81. The highest BCUT2D eigenvalue weighted by molar-refractivity contribution is 7.99. The van der Waals surface area contributed by atoms with Gasteiger partial charge in [-0.05, 0) is 37.6 Å². The smallest absolute Gasteiger partial charge is 0.269 e. The van der Waals surface area contributed by atoms with Crippen LogP contribution in [0, 0.1) is 24.0 Å². The van der Waals surface area contributed by atoms with Gasteiger partial charge in [0, 0.05) is 23.5 Å². The second-order valence-corrected chi connectivity index (χ2v) is 5.81. The van der Waals surface area contributed by atoms with Crippen molar-refractivity contribution >= 4 is 29.6 Å². The molecule has 2 aromatic rings. The first-order valence-corrected chi connectivity index (χ1v) is 7.94. The molecule has 0 bridgehead atoms. The number of aryl methyl sites for hydroxylation is 2. The predicted octanol–water partition coefficient (Wildman–Crippen LogP) is 2.24. The van der Waals surface area contributed by atoms with E-state index in [1.54, 1.807) is 12.1 Å². The van der Waals surface area contributed by atoms with Crippen molar-refractivity contribution in [2.75, 3.05) is 5.75 Å². The van der Waals surface area contributed by atoms with E-state index in [4.69, 9.17) is 0 Å². The molecule has 0 saturated heterocycles. The number of nitrogens with one attached hydrogen (secondary N) is 1. The zero-order valence-corrected chi connectivity index (χ0v) is 13.9. The van der Waals surface area contributed by atoms with Crippen molar-refractivity contribution in [1.82, 2.24) is 15.4 Å². The third-order valence-electron chi connectivity index (χ3n) is 2.80.